The van der Waals surface area contributed by atoms with E-state index in [1.807, 2.05) is 44.2 Å². The number of nitrogens with one attached hydrogen (secondary N) is 1. The summed E-state index contributed by atoms with van der Waals surface area (Å²) in [7, 11) is 0. The Labute approximate surface area is 85.3 Å². The van der Waals surface area contributed by atoms with Gasteiger partial charge in [-0.05, 0) is 18.9 Å². The maximum atomic E-state index is 11.6. The van der Waals surface area contributed by atoms with E-state index in [2.05, 4.69) is 5.32 Å². The Bertz CT molecular complexity index is 282. The van der Waals surface area contributed by atoms with Gasteiger partial charge < -0.3 is 5.32 Å². The van der Waals surface area contributed by atoms with E-state index >= 15 is 0 Å². The second-order valence-corrected chi connectivity index (χ2v) is 3.42. The van der Waals surface area contributed by atoms with Crippen molar-refractivity contribution >= 4 is 5.91 Å². The fraction of sp³-hybridized carbons (Fsp3) is 0.417. The van der Waals surface area contributed by atoms with E-state index in [0.29, 0.717) is 0 Å². The first-order valence-electron chi connectivity index (χ1n) is 5.08. The molecule has 1 rings (SSSR count). The van der Waals surface area contributed by atoms with Crippen molar-refractivity contribution in [3.63, 3.8) is 0 Å². The van der Waals surface area contributed by atoms with Gasteiger partial charge in [0.25, 0.3) is 0 Å². The Kier molecular flexibility index (Phi) is 4.17. The number of hydrogen-bond donors (Lipinski definition) is 1. The van der Waals surface area contributed by atoms with E-state index < -0.39 is 0 Å². The molecule has 1 unspecified atom stereocenters. The topological polar surface area (TPSA) is 29.1 Å². The first-order valence-corrected chi connectivity index (χ1v) is 5.08. The van der Waals surface area contributed by atoms with Crippen LogP contribution in [0.1, 0.15) is 31.7 Å². The third kappa shape index (κ3) is 2.87. The van der Waals surface area contributed by atoms with Gasteiger partial charge in [-0.15, -0.1) is 0 Å². The summed E-state index contributed by atoms with van der Waals surface area (Å²) in [5, 5.41) is 2.89. The lowest BCUT2D eigenvalue weighted by Crippen LogP contribution is -2.28. The molecule has 1 N–H and O–H groups in total. The van der Waals surface area contributed by atoms with Crippen LogP contribution in [0.25, 0.3) is 0 Å². The van der Waals surface area contributed by atoms with Crippen LogP contribution >= 0.6 is 0 Å². The molecule has 0 saturated carbocycles. The highest BCUT2D eigenvalue weighted by Crippen LogP contribution is 2.13. The van der Waals surface area contributed by atoms with E-state index in [1.54, 1.807) is 0 Å². The smallest absolute Gasteiger partial charge is 0.227 e. The van der Waals surface area contributed by atoms with Crippen LogP contribution in [0.5, 0.6) is 0 Å². The van der Waals surface area contributed by atoms with Crippen LogP contribution in [-0.2, 0) is 4.79 Å². The molecule has 0 bridgehead atoms. The van der Waals surface area contributed by atoms with Gasteiger partial charge in [0.2, 0.25) is 5.91 Å². The molecule has 0 heterocycles. The van der Waals surface area contributed by atoms with Crippen LogP contribution in [0.2, 0.25) is 0 Å². The predicted octanol–water partition coefficient (Wildman–Crippen LogP) is 2.32. The minimum Gasteiger partial charge on any atom is -0.356 e. The third-order valence-corrected chi connectivity index (χ3v) is 2.24. The first-order chi connectivity index (χ1) is 6.75. The zero-order chi connectivity index (χ0) is 10.4. The van der Waals surface area contributed by atoms with Gasteiger partial charge in [0, 0.05) is 6.54 Å². The molecule has 0 fully saturated rings. The largest absolute Gasteiger partial charge is 0.356 e. The van der Waals surface area contributed by atoms with E-state index in [0.717, 1.165) is 18.5 Å². The van der Waals surface area contributed by atoms with Crippen molar-refractivity contribution in [1.29, 1.82) is 0 Å². The quantitative estimate of drug-likeness (QED) is 0.777. The van der Waals surface area contributed by atoms with Crippen LogP contribution in [-0.4, -0.2) is 12.5 Å². The van der Waals surface area contributed by atoms with Crippen molar-refractivity contribution in [2.45, 2.75) is 26.2 Å². The Balaban J connectivity index is 2.57. The lowest BCUT2D eigenvalue weighted by atomic mass is 10.0. The number of amides is 1. The molecule has 0 radical (unpaired) electrons. The summed E-state index contributed by atoms with van der Waals surface area (Å²) in [5.41, 5.74) is 1.07. The van der Waals surface area contributed by atoms with Gasteiger partial charge in [0.1, 0.15) is 0 Å². The summed E-state index contributed by atoms with van der Waals surface area (Å²) in [6.45, 7) is 4.74. The molecular weight excluding hydrogens is 174 g/mol. The van der Waals surface area contributed by atoms with Crippen molar-refractivity contribution in [3.05, 3.63) is 35.9 Å². The molecule has 2 heteroatoms. The standard InChI is InChI=1S/C12H17NO/c1-3-9-13-12(14)10(2)11-7-5-4-6-8-11/h4-8,10H,3,9H2,1-2H3,(H,13,14). The molecule has 14 heavy (non-hydrogen) atoms. The molecule has 0 aromatic heterocycles. The number of hydrogen-bond acceptors (Lipinski definition) is 1. The SMILES string of the molecule is CCCNC(=O)C(C)c1ccccc1. The number of carbonyl (C=O) groups excluding carboxylic acids is 1. The monoisotopic (exact) mass is 191 g/mol. The third-order valence-electron chi connectivity index (χ3n) is 2.24. The van der Waals surface area contributed by atoms with Crippen molar-refractivity contribution in [2.75, 3.05) is 6.54 Å². The van der Waals surface area contributed by atoms with E-state index in [4.69, 9.17) is 0 Å². The normalized spacial score (nSPS) is 12.1. The van der Waals surface area contributed by atoms with Gasteiger partial charge in [-0.2, -0.15) is 0 Å². The maximum Gasteiger partial charge on any atom is 0.227 e. The van der Waals surface area contributed by atoms with Crippen LogP contribution in [0, 0.1) is 0 Å². The summed E-state index contributed by atoms with van der Waals surface area (Å²) in [5.74, 6) is 0.0563. The fourth-order valence-electron chi connectivity index (χ4n) is 1.29. The van der Waals surface area contributed by atoms with Crippen LogP contribution in [0.4, 0.5) is 0 Å². The highest BCUT2D eigenvalue weighted by Gasteiger charge is 2.13. The lowest BCUT2D eigenvalue weighted by molar-refractivity contribution is -0.122. The molecule has 1 atom stereocenters. The van der Waals surface area contributed by atoms with Crippen molar-refractivity contribution in [1.82, 2.24) is 5.32 Å². The number of carbonyl (C=O) groups is 1. The maximum absolute atomic E-state index is 11.6. The van der Waals surface area contributed by atoms with Gasteiger partial charge in [-0.3, -0.25) is 4.79 Å². The highest BCUT2D eigenvalue weighted by molar-refractivity contribution is 5.83. The van der Waals surface area contributed by atoms with Gasteiger partial charge >= 0.3 is 0 Å². The highest BCUT2D eigenvalue weighted by atomic mass is 16.1. The molecule has 76 valence electrons. The van der Waals surface area contributed by atoms with Crippen molar-refractivity contribution < 1.29 is 4.79 Å². The molecular formula is C12H17NO. The van der Waals surface area contributed by atoms with Crippen LogP contribution in [0.15, 0.2) is 30.3 Å². The molecule has 0 aliphatic carbocycles. The summed E-state index contributed by atoms with van der Waals surface area (Å²) in [6.07, 6.45) is 0.979. The number of rotatable bonds is 4. The summed E-state index contributed by atoms with van der Waals surface area (Å²) in [4.78, 5) is 11.6. The minimum atomic E-state index is -0.0530. The van der Waals surface area contributed by atoms with E-state index in [9.17, 15) is 4.79 Å². The lowest BCUT2D eigenvalue weighted by Gasteiger charge is -2.11. The fourth-order valence-corrected chi connectivity index (χ4v) is 1.29. The van der Waals surface area contributed by atoms with Gasteiger partial charge in [0.05, 0.1) is 5.92 Å². The summed E-state index contributed by atoms with van der Waals surface area (Å²) < 4.78 is 0. The number of benzene rings is 1. The molecule has 1 amide bonds. The molecule has 0 aliphatic heterocycles. The second kappa shape index (κ2) is 5.43. The summed E-state index contributed by atoms with van der Waals surface area (Å²) in [6, 6.07) is 9.84. The molecule has 0 aliphatic rings. The molecule has 0 spiro atoms. The van der Waals surface area contributed by atoms with Gasteiger partial charge in [-0.1, -0.05) is 37.3 Å². The summed E-state index contributed by atoms with van der Waals surface area (Å²) >= 11 is 0. The molecule has 0 saturated heterocycles. The second-order valence-electron chi connectivity index (χ2n) is 3.42. The zero-order valence-corrected chi connectivity index (χ0v) is 8.79. The van der Waals surface area contributed by atoms with Gasteiger partial charge in [-0.25, -0.2) is 0 Å². The van der Waals surface area contributed by atoms with E-state index in [1.165, 1.54) is 0 Å². The van der Waals surface area contributed by atoms with Crippen molar-refractivity contribution in [2.24, 2.45) is 0 Å². The Morgan fingerprint density at radius 2 is 2.00 bits per heavy atom. The first kappa shape index (κ1) is 10.8. The van der Waals surface area contributed by atoms with Crippen LogP contribution < -0.4 is 5.32 Å². The van der Waals surface area contributed by atoms with E-state index in [-0.39, 0.29) is 11.8 Å². The Morgan fingerprint density at radius 3 is 2.57 bits per heavy atom. The molecule has 1 aromatic rings. The zero-order valence-electron chi connectivity index (χ0n) is 8.79. The van der Waals surface area contributed by atoms with Crippen molar-refractivity contribution in [3.8, 4) is 0 Å². The average Bonchev–Trinajstić information content (AvgIpc) is 2.26. The minimum absolute atomic E-state index is 0.0530. The molecule has 2 nitrogen and oxygen atoms in total. The average molecular weight is 191 g/mol. The van der Waals surface area contributed by atoms with Gasteiger partial charge in [0.15, 0.2) is 0 Å². The Hall–Kier alpha value is -1.31. The van der Waals surface area contributed by atoms with Crippen LogP contribution in [0.3, 0.4) is 0 Å². The molecule has 1 aromatic carbocycles. The predicted molar refractivity (Wildman–Crippen MR) is 58.2 cm³/mol. The Morgan fingerprint density at radius 1 is 1.36 bits per heavy atom.